The second kappa shape index (κ2) is 9.49. The summed E-state index contributed by atoms with van der Waals surface area (Å²) in [7, 11) is 4.01. The predicted octanol–water partition coefficient (Wildman–Crippen LogP) is 4.15. The molecule has 0 aliphatic rings. The molecule has 2 aromatic carbocycles. The molecule has 2 aromatic heterocycles. The summed E-state index contributed by atoms with van der Waals surface area (Å²) in [4.78, 5) is 14.4. The second-order valence-electron chi connectivity index (χ2n) is 7.60. The summed E-state index contributed by atoms with van der Waals surface area (Å²) < 4.78 is 13.4. The number of para-hydroxylation sites is 1. The third-order valence-corrected chi connectivity index (χ3v) is 4.87. The number of ether oxygens (including phenoxy) is 1. The van der Waals surface area contributed by atoms with Gasteiger partial charge in [-0.3, -0.25) is 9.48 Å². The van der Waals surface area contributed by atoms with Crippen LogP contribution in [0.25, 0.3) is 10.9 Å². The molecule has 7 heteroatoms. The Morgan fingerprint density at radius 1 is 1.06 bits per heavy atom. The average Bonchev–Trinajstić information content (AvgIpc) is 3.38. The van der Waals surface area contributed by atoms with Crippen molar-refractivity contribution in [1.82, 2.24) is 20.0 Å². The summed E-state index contributed by atoms with van der Waals surface area (Å²) >= 11 is 0. The molecule has 0 atom stereocenters. The van der Waals surface area contributed by atoms with E-state index in [-0.39, 0.29) is 17.6 Å². The molecular weight excluding hydrogens is 392 g/mol. The molecule has 1 amide bonds. The fourth-order valence-electron chi connectivity index (χ4n) is 3.33. The van der Waals surface area contributed by atoms with Gasteiger partial charge in [0.05, 0.1) is 17.4 Å². The average molecular weight is 418 g/mol. The molecule has 0 aliphatic carbocycles. The molecule has 1 N–H and O–H groups in total. The Morgan fingerprint density at radius 2 is 1.84 bits per heavy atom. The molecule has 31 heavy (non-hydrogen) atoms. The predicted molar refractivity (Wildman–Crippen MR) is 120 cm³/mol. The number of rotatable bonds is 9. The number of nitrogens with one attached hydrogen (secondary N) is 1. The van der Waals surface area contributed by atoms with E-state index in [1.165, 1.54) is 0 Å². The number of aromatic nitrogens is 2. The van der Waals surface area contributed by atoms with E-state index in [1.54, 1.807) is 12.1 Å². The highest BCUT2D eigenvalue weighted by atomic mass is 16.6. The van der Waals surface area contributed by atoms with Crippen molar-refractivity contribution < 1.29 is 13.9 Å². The fourth-order valence-corrected chi connectivity index (χ4v) is 3.33. The molecule has 160 valence electrons. The summed E-state index contributed by atoms with van der Waals surface area (Å²) in [5.41, 5.74) is 2.11. The molecule has 0 spiro atoms. The first kappa shape index (κ1) is 20.7. The van der Waals surface area contributed by atoms with E-state index in [2.05, 4.69) is 27.4 Å². The maximum Gasteiger partial charge on any atom is 0.291 e. The van der Waals surface area contributed by atoms with E-state index in [9.17, 15) is 4.79 Å². The Bertz CT molecular complexity index is 1150. The van der Waals surface area contributed by atoms with Crippen LogP contribution in [0.15, 0.2) is 71.1 Å². The van der Waals surface area contributed by atoms with Crippen molar-refractivity contribution in [1.29, 1.82) is 0 Å². The molecule has 0 unspecified atom stereocenters. The Labute approximate surface area is 181 Å². The summed E-state index contributed by atoms with van der Waals surface area (Å²) in [6.07, 6.45) is 0.869. The maximum atomic E-state index is 12.3. The van der Waals surface area contributed by atoms with E-state index in [0.29, 0.717) is 19.0 Å². The van der Waals surface area contributed by atoms with Gasteiger partial charge in [0, 0.05) is 12.6 Å². The van der Waals surface area contributed by atoms with Crippen molar-refractivity contribution in [2.45, 2.75) is 13.0 Å². The van der Waals surface area contributed by atoms with Gasteiger partial charge in [-0.1, -0.05) is 42.5 Å². The van der Waals surface area contributed by atoms with Crippen molar-refractivity contribution in [3.05, 3.63) is 78.1 Å². The summed E-state index contributed by atoms with van der Waals surface area (Å²) in [5, 5.41) is 8.38. The van der Waals surface area contributed by atoms with Crippen LogP contribution in [0.5, 0.6) is 11.8 Å². The molecule has 4 rings (SSSR count). The third kappa shape index (κ3) is 5.13. The standard InChI is InChI=1S/C24H26N4O3/c1-27(2)16-8-15-25-23(29)21-13-14-22(30-21)31-24-19-11-6-7-12-20(19)28(26-24)17-18-9-4-3-5-10-18/h3-7,9-14H,8,15-17H2,1-2H3,(H,25,29). The lowest BCUT2D eigenvalue weighted by Crippen LogP contribution is -2.26. The first-order valence-electron chi connectivity index (χ1n) is 10.3. The zero-order chi connectivity index (χ0) is 21.6. The highest BCUT2D eigenvalue weighted by molar-refractivity contribution is 5.91. The lowest BCUT2D eigenvalue weighted by Gasteiger charge is -2.09. The number of benzene rings is 2. The Morgan fingerprint density at radius 3 is 2.65 bits per heavy atom. The monoisotopic (exact) mass is 418 g/mol. The Balaban J connectivity index is 1.47. The molecular formula is C24H26N4O3. The van der Waals surface area contributed by atoms with Gasteiger partial charge < -0.3 is 19.4 Å². The maximum absolute atomic E-state index is 12.3. The number of carbonyl (C=O) groups excluding carboxylic acids is 1. The van der Waals surface area contributed by atoms with Crippen molar-refractivity contribution >= 4 is 16.8 Å². The number of amides is 1. The van der Waals surface area contributed by atoms with Crippen molar-refractivity contribution in [2.75, 3.05) is 27.2 Å². The minimum atomic E-state index is -0.256. The van der Waals surface area contributed by atoms with Gasteiger partial charge in [-0.15, -0.1) is 5.10 Å². The molecule has 0 bridgehead atoms. The molecule has 7 nitrogen and oxygen atoms in total. The van der Waals surface area contributed by atoms with Crippen LogP contribution in [0.2, 0.25) is 0 Å². The van der Waals surface area contributed by atoms with Gasteiger partial charge in [-0.2, -0.15) is 0 Å². The van der Waals surface area contributed by atoms with Gasteiger partial charge in [0.25, 0.3) is 11.9 Å². The highest BCUT2D eigenvalue weighted by Crippen LogP contribution is 2.30. The van der Waals surface area contributed by atoms with Crippen molar-refractivity contribution in [3.8, 4) is 11.8 Å². The second-order valence-corrected chi connectivity index (χ2v) is 7.60. The van der Waals surface area contributed by atoms with Gasteiger partial charge in [-0.05, 0) is 50.8 Å². The zero-order valence-corrected chi connectivity index (χ0v) is 17.7. The van der Waals surface area contributed by atoms with Gasteiger partial charge in [0.15, 0.2) is 5.76 Å². The first-order valence-corrected chi connectivity index (χ1v) is 10.3. The first-order chi connectivity index (χ1) is 15.1. The van der Waals surface area contributed by atoms with Crippen LogP contribution in [0.4, 0.5) is 0 Å². The van der Waals surface area contributed by atoms with Gasteiger partial charge in [-0.25, -0.2) is 0 Å². The number of hydrogen-bond acceptors (Lipinski definition) is 5. The van der Waals surface area contributed by atoms with Crippen LogP contribution < -0.4 is 10.1 Å². The Hall–Kier alpha value is -3.58. The smallest absolute Gasteiger partial charge is 0.291 e. The number of hydrogen-bond donors (Lipinski definition) is 1. The van der Waals surface area contributed by atoms with Crippen LogP contribution in [-0.4, -0.2) is 47.8 Å². The van der Waals surface area contributed by atoms with Gasteiger partial charge >= 0.3 is 0 Å². The summed E-state index contributed by atoms with van der Waals surface area (Å²) in [5.74, 6) is 0.633. The normalized spacial score (nSPS) is 11.2. The van der Waals surface area contributed by atoms with Crippen molar-refractivity contribution in [3.63, 3.8) is 0 Å². The van der Waals surface area contributed by atoms with Crippen molar-refractivity contribution in [2.24, 2.45) is 0 Å². The van der Waals surface area contributed by atoms with Crippen LogP contribution in [0.1, 0.15) is 22.5 Å². The third-order valence-electron chi connectivity index (χ3n) is 4.87. The lowest BCUT2D eigenvalue weighted by atomic mass is 10.2. The van der Waals surface area contributed by atoms with Crippen LogP contribution in [0, 0.1) is 0 Å². The number of nitrogens with zero attached hydrogens (tertiary/aromatic N) is 3. The minimum Gasteiger partial charge on any atom is -0.420 e. The summed E-state index contributed by atoms with van der Waals surface area (Å²) in [6.45, 7) is 2.12. The molecule has 0 saturated carbocycles. The van der Waals surface area contributed by atoms with Crippen LogP contribution in [-0.2, 0) is 6.54 Å². The van der Waals surface area contributed by atoms with Gasteiger partial charge in [0.2, 0.25) is 5.88 Å². The number of fused-ring (bicyclic) bond motifs is 1. The van der Waals surface area contributed by atoms with E-state index in [0.717, 1.165) is 29.4 Å². The number of carbonyl (C=O) groups is 1. The topological polar surface area (TPSA) is 72.5 Å². The van der Waals surface area contributed by atoms with Crippen LogP contribution in [0.3, 0.4) is 0 Å². The zero-order valence-electron chi connectivity index (χ0n) is 17.7. The molecule has 0 saturated heterocycles. The van der Waals surface area contributed by atoms with Gasteiger partial charge in [0.1, 0.15) is 0 Å². The number of furan rings is 1. The molecule has 0 aliphatic heterocycles. The van der Waals surface area contributed by atoms with E-state index >= 15 is 0 Å². The molecule has 0 radical (unpaired) electrons. The lowest BCUT2D eigenvalue weighted by molar-refractivity contribution is 0.0919. The fraction of sp³-hybridized carbons (Fsp3) is 0.250. The largest absolute Gasteiger partial charge is 0.420 e. The van der Waals surface area contributed by atoms with E-state index in [4.69, 9.17) is 9.15 Å². The molecule has 2 heterocycles. The SMILES string of the molecule is CN(C)CCCNC(=O)c1ccc(Oc2nn(Cc3ccccc3)c3ccccc23)o1. The minimum absolute atomic E-state index is 0.216. The molecule has 0 fully saturated rings. The van der Waals surface area contributed by atoms with E-state index < -0.39 is 0 Å². The highest BCUT2D eigenvalue weighted by Gasteiger charge is 2.16. The Kier molecular flexibility index (Phi) is 6.33. The van der Waals surface area contributed by atoms with E-state index in [1.807, 2.05) is 61.2 Å². The quantitative estimate of drug-likeness (QED) is 0.414. The summed E-state index contributed by atoms with van der Waals surface area (Å²) in [6, 6.07) is 21.3. The van der Waals surface area contributed by atoms with Crippen LogP contribution >= 0.6 is 0 Å². The molecule has 4 aromatic rings.